The Labute approximate surface area is 580 Å². The number of nitrogens with one attached hydrogen (secondary N) is 4. The molecule has 2 unspecified atom stereocenters. The molecule has 0 radical (unpaired) electrons. The van der Waals surface area contributed by atoms with Gasteiger partial charge in [0.15, 0.2) is 12.1 Å². The second kappa shape index (κ2) is 32.7. The number of nitrogens with two attached hydrogens (primary N) is 1. The maximum atomic E-state index is 14.7. The Bertz CT molecular complexity index is 3530. The second-order valence-corrected chi connectivity index (χ2v) is 29.1. The van der Waals surface area contributed by atoms with Crippen LogP contribution in [0.5, 0.6) is 17.2 Å². The lowest BCUT2D eigenvalue weighted by Gasteiger charge is -2.41. The summed E-state index contributed by atoms with van der Waals surface area (Å²) in [5.74, 6) is -5.48. The minimum absolute atomic E-state index is 0.00325. The third-order valence-electron chi connectivity index (χ3n) is 20.4. The number of aromatic hydroxyl groups is 2. The van der Waals surface area contributed by atoms with Crippen molar-refractivity contribution in [2.24, 2.45) is 17.6 Å². The number of methoxy groups -OCH3 is 1. The average Bonchev–Trinajstić information content (AvgIpc) is 1.41. The third-order valence-corrected chi connectivity index (χ3v) is 22.2. The number of fused-ring (bicyclic) bond motifs is 6. The van der Waals surface area contributed by atoms with Gasteiger partial charge in [-0.25, -0.2) is 9.59 Å². The van der Waals surface area contributed by atoms with Crippen LogP contribution >= 0.6 is 11.8 Å². The summed E-state index contributed by atoms with van der Waals surface area (Å²) in [5, 5.41) is 35.0. The number of hydrogen-bond acceptors (Lipinski definition) is 21. The topological polar surface area (TPSA) is 354 Å². The predicted molar refractivity (Wildman–Crippen MR) is 363 cm³/mol. The maximum absolute atomic E-state index is 14.7. The number of imide groups is 1. The first-order chi connectivity index (χ1) is 47.4. The van der Waals surface area contributed by atoms with Gasteiger partial charge < -0.3 is 70.5 Å². The number of primary amides is 1. The molecule has 7 aliphatic rings. The number of hydrogen-bond donors (Lipinski definition) is 7. The monoisotopic (exact) mass is 1390 g/mol. The Morgan fingerprint density at radius 1 is 0.838 bits per heavy atom. The van der Waals surface area contributed by atoms with E-state index in [9.17, 15) is 58.2 Å². The number of carbonyl (C=O) groups is 10. The first-order valence-corrected chi connectivity index (χ1v) is 35.7. The number of thioether (sulfide) groups is 1. The first kappa shape index (κ1) is 74.0. The molecule has 0 spiro atoms. The molecule has 3 aromatic carbocycles. The number of ether oxygens (including phenoxy) is 6. The van der Waals surface area contributed by atoms with Gasteiger partial charge in [0.1, 0.15) is 54.1 Å². The maximum Gasteiger partial charge on any atom is 0.410 e. The predicted octanol–water partition coefficient (Wildman–Crippen LogP) is 5.99. The van der Waals surface area contributed by atoms with Crippen molar-refractivity contribution in [2.75, 3.05) is 78.0 Å². The number of unbranched alkanes of at least 4 members (excludes halogenated alkanes) is 2. The third kappa shape index (κ3) is 17.0. The smallest absolute Gasteiger partial charge is 0.410 e. The lowest BCUT2D eigenvalue weighted by molar-refractivity contribution is -0.243. The molecule has 5 aliphatic heterocycles. The van der Waals surface area contributed by atoms with Crippen LogP contribution in [0.1, 0.15) is 173 Å². The number of nitrogens with zero attached hydrogens (tertiary/aromatic N) is 4. The van der Waals surface area contributed by atoms with Crippen molar-refractivity contribution in [2.45, 2.75) is 191 Å². The minimum atomic E-state index is -1.10. The van der Waals surface area contributed by atoms with Crippen LogP contribution in [0.2, 0.25) is 0 Å². The molecule has 8 amide bonds. The van der Waals surface area contributed by atoms with E-state index in [-0.39, 0.29) is 163 Å². The number of phenols is 2. The molecule has 8 N–H and O–H groups in total. The van der Waals surface area contributed by atoms with Gasteiger partial charge in [-0.05, 0) is 94.4 Å². The molecule has 0 saturated carbocycles. The lowest BCUT2D eigenvalue weighted by atomic mass is 9.73. The number of rotatable bonds is 28. The summed E-state index contributed by atoms with van der Waals surface area (Å²) in [4.78, 5) is 142. The van der Waals surface area contributed by atoms with E-state index in [2.05, 4.69) is 46.9 Å². The van der Waals surface area contributed by atoms with E-state index < -0.39 is 88.8 Å². The van der Waals surface area contributed by atoms with Crippen molar-refractivity contribution in [1.29, 1.82) is 0 Å². The largest absolute Gasteiger partial charge is 0.507 e. The highest BCUT2D eigenvalue weighted by Crippen LogP contribution is 2.52. The van der Waals surface area contributed by atoms with E-state index in [1.165, 1.54) is 24.1 Å². The minimum Gasteiger partial charge on any atom is -0.507 e. The first-order valence-electron chi connectivity index (χ1n) is 34.8. The zero-order chi connectivity index (χ0) is 71.0. The summed E-state index contributed by atoms with van der Waals surface area (Å²) >= 11 is 1.57. The number of likely N-dealkylation sites (tertiary alicyclic amines) is 1. The molecular formula is C71H95N9O18S. The fourth-order valence-electron chi connectivity index (χ4n) is 14.4. The highest BCUT2D eigenvalue weighted by atomic mass is 32.2. The molecule has 10 atom stereocenters. The highest BCUT2D eigenvalue weighted by molar-refractivity contribution is 8.02. The van der Waals surface area contributed by atoms with Gasteiger partial charge in [-0.2, -0.15) is 0 Å². The van der Waals surface area contributed by atoms with Crippen LogP contribution < -0.4 is 31.7 Å². The zero-order valence-electron chi connectivity index (χ0n) is 57.6. The highest BCUT2D eigenvalue weighted by Gasteiger charge is 2.52. The fraction of sp³-hybridized carbons (Fsp3) is 0.606. The molecule has 5 heterocycles. The number of morpholine rings is 1. The van der Waals surface area contributed by atoms with Crippen LogP contribution in [0.15, 0.2) is 42.5 Å². The molecule has 538 valence electrons. The Hall–Kier alpha value is -7.73. The Balaban J connectivity index is 0.714. The molecule has 10 rings (SSSR count). The van der Waals surface area contributed by atoms with Crippen molar-refractivity contribution in [1.82, 2.24) is 35.6 Å². The van der Waals surface area contributed by atoms with E-state index in [1.807, 2.05) is 11.8 Å². The molecule has 5 saturated heterocycles. The normalized spacial score (nSPS) is 23.8. The number of phenolic OH excluding ortho intramolecular Hbond substituents is 2. The molecular weight excluding hydrogens is 1300 g/mol. The van der Waals surface area contributed by atoms with Crippen LogP contribution in [0, 0.1) is 11.8 Å². The van der Waals surface area contributed by atoms with Gasteiger partial charge in [0.05, 0.1) is 61.0 Å². The van der Waals surface area contributed by atoms with Gasteiger partial charge in [-0.1, -0.05) is 65.3 Å². The van der Waals surface area contributed by atoms with Crippen LogP contribution in [0.25, 0.3) is 0 Å². The van der Waals surface area contributed by atoms with Gasteiger partial charge in [0, 0.05) is 104 Å². The standard InChI is InChI=1S/C71H95N9O18S/c1-8-71(6,9-2)99-51-35-53(83)80(68(51)90)27-12-10-11-19-52(82)76-60(39(3)4)67(89)75-46(17-14-24-73-69(72)91)66(88)74-43-22-20-41(21-23-43)37-95-70(92)78-26-15-25-77(28-29-78)36-48(81)42-32-45-57(50(33-42)97-55-34-47-65(40(5)96-55)98-54-38-94-31-30-79(47)54)64(87)59-58(62(45)85)61(84)44-16-13-18-49(93-7)56(44)63(59)86/h13,16,18,20-23,39-40,42,46-47,50-51,54-55,60,65,85,87H,8-12,14-15,17,19,24-38H2,1-7H3,(H,74,88)(H,75,89)(H,76,82)(H3,72,73,91)/t40-,42?,46-,47-,50-,51?,54+,55-,60-,65+/m0/s1. The summed E-state index contributed by atoms with van der Waals surface area (Å²) in [5.41, 5.74) is 5.72. The average molecular weight is 1390 g/mol. The van der Waals surface area contributed by atoms with Gasteiger partial charge in [0.2, 0.25) is 35.3 Å². The molecule has 28 heteroatoms. The van der Waals surface area contributed by atoms with Crippen molar-refractivity contribution < 1.29 is 86.6 Å². The number of carbonyl (C=O) groups excluding carboxylic acids is 10. The number of amides is 8. The van der Waals surface area contributed by atoms with E-state index in [1.54, 1.807) is 60.8 Å². The van der Waals surface area contributed by atoms with Crippen LogP contribution in [0.3, 0.4) is 0 Å². The van der Waals surface area contributed by atoms with Crippen LogP contribution in [0.4, 0.5) is 15.3 Å². The zero-order valence-corrected chi connectivity index (χ0v) is 58.4. The van der Waals surface area contributed by atoms with Gasteiger partial charge >= 0.3 is 12.1 Å². The van der Waals surface area contributed by atoms with E-state index in [0.29, 0.717) is 82.7 Å². The Kier molecular flexibility index (Phi) is 24.5. The summed E-state index contributed by atoms with van der Waals surface area (Å²) in [6.45, 7) is 14.9. The Morgan fingerprint density at radius 2 is 1.60 bits per heavy atom. The molecule has 0 bridgehead atoms. The van der Waals surface area contributed by atoms with Crippen LogP contribution in [-0.2, 0) is 65.5 Å². The van der Waals surface area contributed by atoms with Crippen molar-refractivity contribution >= 4 is 76.5 Å². The van der Waals surface area contributed by atoms with Crippen molar-refractivity contribution in [3.8, 4) is 17.2 Å². The van der Waals surface area contributed by atoms with E-state index in [0.717, 1.165) is 12.8 Å². The van der Waals surface area contributed by atoms with Crippen molar-refractivity contribution in [3.63, 3.8) is 0 Å². The second-order valence-electron chi connectivity index (χ2n) is 27.4. The summed E-state index contributed by atoms with van der Waals surface area (Å²) in [7, 11) is 1.37. The Morgan fingerprint density at radius 3 is 2.32 bits per heavy atom. The van der Waals surface area contributed by atoms with Crippen molar-refractivity contribution in [3.05, 3.63) is 81.4 Å². The molecule has 27 nitrogen and oxygen atoms in total. The molecule has 99 heavy (non-hydrogen) atoms. The fourth-order valence-corrected chi connectivity index (χ4v) is 15.9. The van der Waals surface area contributed by atoms with Crippen LogP contribution in [-0.4, -0.2) is 214 Å². The summed E-state index contributed by atoms with van der Waals surface area (Å²) < 4.78 is 36.4. The summed E-state index contributed by atoms with van der Waals surface area (Å²) in [6.07, 6.45) is 1.47. The molecule has 2 aliphatic carbocycles. The number of benzene rings is 3. The summed E-state index contributed by atoms with van der Waals surface area (Å²) in [6, 6.07) is 8.23. The van der Waals surface area contributed by atoms with Gasteiger partial charge in [0.25, 0.3) is 0 Å². The van der Waals surface area contributed by atoms with Gasteiger partial charge in [-0.15, -0.1) is 11.8 Å². The molecule has 0 aromatic heterocycles. The van der Waals surface area contributed by atoms with E-state index in [4.69, 9.17) is 34.2 Å². The quantitative estimate of drug-likeness (QED) is 0.0195. The molecule has 5 fully saturated rings. The lowest BCUT2D eigenvalue weighted by Crippen LogP contribution is -2.54. The number of Topliss-reactive ketones (excluding diaryl/α,β-unsaturated/α-hetero) is 1. The van der Waals surface area contributed by atoms with E-state index >= 15 is 0 Å². The number of ketones is 3. The molecule has 3 aromatic rings. The number of anilines is 1. The van der Waals surface area contributed by atoms with Gasteiger partial charge in [-0.3, -0.25) is 53.1 Å². The number of urea groups is 1. The SMILES string of the molecule is CCC(C)(CC)SC1CC(=O)N(CCCCCC(=O)N[C@H](C(=O)N[C@@H](CCCNC(N)=O)C(=O)Nc2ccc(COC(=O)N3CCCN(CC(=O)C4Cc5c(O)c6c(c(O)c5[C@@H](O[C@H]5C[C@H]7[C@H](O[C@@H]8COCCN87)[C@H](C)O5)C4)C(=O)c4c(OC)cccc4C6=O)CC3)cc2)C(C)C)C1=O.